The van der Waals surface area contributed by atoms with E-state index in [2.05, 4.69) is 25.5 Å². The van der Waals surface area contributed by atoms with E-state index in [9.17, 15) is 18.0 Å². The summed E-state index contributed by atoms with van der Waals surface area (Å²) >= 11 is 0. The van der Waals surface area contributed by atoms with E-state index >= 15 is 0 Å². The van der Waals surface area contributed by atoms with Gasteiger partial charge in [0.1, 0.15) is 28.7 Å². The van der Waals surface area contributed by atoms with Gasteiger partial charge in [0.15, 0.2) is 6.29 Å². The van der Waals surface area contributed by atoms with E-state index in [0.29, 0.717) is 23.5 Å². The van der Waals surface area contributed by atoms with Crippen LogP contribution >= 0.6 is 0 Å². The molecule has 31 heavy (non-hydrogen) atoms. The maximum absolute atomic E-state index is 12.2. The van der Waals surface area contributed by atoms with E-state index in [1.807, 2.05) is 24.3 Å². The summed E-state index contributed by atoms with van der Waals surface area (Å²) in [6.45, 7) is 6.34. The maximum atomic E-state index is 12.2. The van der Waals surface area contributed by atoms with Crippen LogP contribution in [0, 0.1) is 0 Å². The first kappa shape index (κ1) is 22.2. The molecule has 4 nitrogen and oxygen atoms in total. The minimum Gasteiger partial charge on any atom is -0.457 e. The molecule has 0 aromatic heterocycles. The Labute approximate surface area is 178 Å². The molecule has 0 atom stereocenters. The van der Waals surface area contributed by atoms with Gasteiger partial charge < -0.3 is 14.2 Å². The van der Waals surface area contributed by atoms with Crippen LogP contribution in [-0.4, -0.2) is 12.6 Å². The smallest absolute Gasteiger partial charge is 0.457 e. The van der Waals surface area contributed by atoms with Crippen molar-refractivity contribution in [1.29, 1.82) is 0 Å². The van der Waals surface area contributed by atoms with E-state index in [1.165, 1.54) is 18.2 Å². The van der Waals surface area contributed by atoms with Crippen LogP contribution in [0.3, 0.4) is 0 Å². The Morgan fingerprint density at radius 1 is 0.710 bits per heavy atom. The van der Waals surface area contributed by atoms with Crippen molar-refractivity contribution in [2.45, 2.75) is 32.5 Å². The predicted molar refractivity (Wildman–Crippen MR) is 110 cm³/mol. The second-order valence-corrected chi connectivity index (χ2v) is 7.82. The molecule has 0 spiro atoms. The van der Waals surface area contributed by atoms with Gasteiger partial charge in [0.05, 0.1) is 5.56 Å². The van der Waals surface area contributed by atoms with Crippen molar-refractivity contribution in [1.82, 2.24) is 0 Å². The van der Waals surface area contributed by atoms with E-state index in [1.54, 1.807) is 12.1 Å². The predicted octanol–water partition coefficient (Wildman–Crippen LogP) is 7.28. The Hall–Kier alpha value is -3.48. The number of alkyl halides is 3. The molecule has 0 N–H and O–H groups in total. The Kier molecular flexibility index (Phi) is 6.24. The van der Waals surface area contributed by atoms with Gasteiger partial charge in [-0.05, 0) is 65.6 Å². The van der Waals surface area contributed by atoms with Crippen LogP contribution in [0.15, 0.2) is 66.7 Å². The molecule has 0 radical (unpaired) electrons. The van der Waals surface area contributed by atoms with Crippen molar-refractivity contribution in [3.8, 4) is 28.7 Å². The second kappa shape index (κ2) is 8.71. The number of hydrogen-bond acceptors (Lipinski definition) is 4. The Morgan fingerprint density at radius 3 is 1.77 bits per heavy atom. The third kappa shape index (κ3) is 6.25. The van der Waals surface area contributed by atoms with E-state index < -0.39 is 6.36 Å². The topological polar surface area (TPSA) is 44.8 Å². The van der Waals surface area contributed by atoms with Crippen LogP contribution in [0.1, 0.15) is 36.7 Å². The molecule has 0 heterocycles. The number of hydrogen-bond donors (Lipinski definition) is 0. The molecule has 0 saturated heterocycles. The third-order valence-corrected chi connectivity index (χ3v) is 4.35. The Bertz CT molecular complexity index is 1030. The Morgan fingerprint density at radius 2 is 1.23 bits per heavy atom. The van der Waals surface area contributed by atoms with Gasteiger partial charge in [-0.3, -0.25) is 4.79 Å². The molecule has 0 unspecified atom stereocenters. The zero-order chi connectivity index (χ0) is 22.6. The summed E-state index contributed by atoms with van der Waals surface area (Å²) in [7, 11) is 0. The number of ether oxygens (including phenoxy) is 3. The molecule has 162 valence electrons. The summed E-state index contributed by atoms with van der Waals surface area (Å²) in [5.41, 5.74) is 1.45. The number of carbonyl (C=O) groups is 1. The molecule has 3 aromatic rings. The number of halogens is 3. The fourth-order valence-electron chi connectivity index (χ4n) is 2.77. The minimum atomic E-state index is -4.76. The SMILES string of the molecule is CC(C)(C)c1ccc(Oc2ccc(Oc3ccc(OC(F)(F)F)cc3)cc2C=O)cc1. The quantitative estimate of drug-likeness (QED) is 0.386. The highest BCUT2D eigenvalue weighted by Crippen LogP contribution is 2.32. The van der Waals surface area contributed by atoms with Gasteiger partial charge in [-0.15, -0.1) is 13.2 Å². The summed E-state index contributed by atoms with van der Waals surface area (Å²) in [6.07, 6.45) is -4.11. The largest absolute Gasteiger partial charge is 0.573 e. The minimum absolute atomic E-state index is 0.0164. The number of benzene rings is 3. The summed E-state index contributed by atoms with van der Waals surface area (Å²) < 4.78 is 52.0. The highest BCUT2D eigenvalue weighted by molar-refractivity contribution is 5.80. The average Bonchev–Trinajstić information content (AvgIpc) is 2.69. The normalized spacial score (nSPS) is 11.7. The van der Waals surface area contributed by atoms with Gasteiger partial charge in [-0.25, -0.2) is 0 Å². The zero-order valence-electron chi connectivity index (χ0n) is 17.2. The third-order valence-electron chi connectivity index (χ3n) is 4.35. The molecule has 0 saturated carbocycles. The molecule has 0 aliphatic carbocycles. The molecule has 0 bridgehead atoms. The first-order valence-electron chi connectivity index (χ1n) is 9.45. The van der Waals surface area contributed by atoms with Crippen LogP contribution in [0.5, 0.6) is 28.7 Å². The summed E-state index contributed by atoms with van der Waals surface area (Å²) in [5.74, 6) is 1.22. The van der Waals surface area contributed by atoms with Gasteiger partial charge in [0.25, 0.3) is 0 Å². The fraction of sp³-hybridized carbons (Fsp3) is 0.208. The fourth-order valence-corrected chi connectivity index (χ4v) is 2.77. The lowest BCUT2D eigenvalue weighted by Gasteiger charge is -2.19. The molecule has 3 aromatic carbocycles. The lowest BCUT2D eigenvalue weighted by molar-refractivity contribution is -0.274. The molecule has 7 heteroatoms. The Balaban J connectivity index is 1.72. The maximum Gasteiger partial charge on any atom is 0.573 e. The van der Waals surface area contributed by atoms with E-state index in [-0.39, 0.29) is 22.5 Å². The first-order chi connectivity index (χ1) is 14.5. The van der Waals surface area contributed by atoms with Crippen molar-refractivity contribution in [3.05, 3.63) is 77.9 Å². The van der Waals surface area contributed by atoms with Crippen LogP contribution in [-0.2, 0) is 5.41 Å². The molecular weight excluding hydrogens is 409 g/mol. The van der Waals surface area contributed by atoms with Crippen molar-refractivity contribution in [2.24, 2.45) is 0 Å². The van der Waals surface area contributed by atoms with Crippen molar-refractivity contribution < 1.29 is 32.2 Å². The molecule has 0 aliphatic rings. The van der Waals surface area contributed by atoms with E-state index in [4.69, 9.17) is 9.47 Å². The summed E-state index contributed by atoms with van der Waals surface area (Å²) in [5, 5.41) is 0. The number of aldehydes is 1. The number of carbonyl (C=O) groups excluding carboxylic acids is 1. The standard InChI is InChI=1S/C24H21F3O4/c1-23(2,3)17-4-6-19(7-5-17)30-22-13-12-21(14-16(22)15-28)29-18-8-10-20(11-9-18)31-24(25,26)27/h4-15H,1-3H3. The highest BCUT2D eigenvalue weighted by Gasteiger charge is 2.31. The lowest BCUT2D eigenvalue weighted by Crippen LogP contribution is -2.16. The van der Waals surface area contributed by atoms with E-state index in [0.717, 1.165) is 17.7 Å². The molecular formula is C24H21F3O4. The van der Waals surface area contributed by atoms with Crippen molar-refractivity contribution in [2.75, 3.05) is 0 Å². The van der Waals surface area contributed by atoms with Gasteiger partial charge in [-0.1, -0.05) is 32.9 Å². The van der Waals surface area contributed by atoms with Crippen molar-refractivity contribution >= 4 is 6.29 Å². The number of rotatable bonds is 6. The lowest BCUT2D eigenvalue weighted by atomic mass is 9.87. The van der Waals surface area contributed by atoms with Crippen molar-refractivity contribution in [3.63, 3.8) is 0 Å². The molecule has 0 fully saturated rings. The summed E-state index contributed by atoms with van der Waals surface area (Å²) in [4.78, 5) is 11.5. The monoisotopic (exact) mass is 430 g/mol. The molecule has 0 aliphatic heterocycles. The molecule has 3 rings (SSSR count). The average molecular weight is 430 g/mol. The van der Waals surface area contributed by atoms with Gasteiger partial charge in [0.2, 0.25) is 0 Å². The second-order valence-electron chi connectivity index (χ2n) is 7.82. The molecule has 0 amide bonds. The summed E-state index contributed by atoms with van der Waals surface area (Å²) in [6, 6.07) is 17.3. The highest BCUT2D eigenvalue weighted by atomic mass is 19.4. The van der Waals surface area contributed by atoms with Crippen LogP contribution in [0.25, 0.3) is 0 Å². The van der Waals surface area contributed by atoms with Crippen LogP contribution in [0.2, 0.25) is 0 Å². The van der Waals surface area contributed by atoms with Gasteiger partial charge in [0, 0.05) is 0 Å². The van der Waals surface area contributed by atoms with Gasteiger partial charge in [-0.2, -0.15) is 0 Å². The first-order valence-corrected chi connectivity index (χ1v) is 9.45. The van der Waals surface area contributed by atoms with Crippen LogP contribution in [0.4, 0.5) is 13.2 Å². The zero-order valence-corrected chi connectivity index (χ0v) is 17.2. The van der Waals surface area contributed by atoms with Gasteiger partial charge >= 0.3 is 6.36 Å². The van der Waals surface area contributed by atoms with Crippen LogP contribution < -0.4 is 14.2 Å².